The van der Waals surface area contributed by atoms with Crippen molar-refractivity contribution in [2.75, 3.05) is 6.54 Å². The fourth-order valence-corrected chi connectivity index (χ4v) is 2.36. The number of carbonyl (C=O) groups is 2. The van der Waals surface area contributed by atoms with Crippen LogP contribution in [0.3, 0.4) is 0 Å². The van der Waals surface area contributed by atoms with Crippen LogP contribution in [-0.2, 0) is 11.3 Å². The molecule has 0 unspecified atom stereocenters. The lowest BCUT2D eigenvalue weighted by molar-refractivity contribution is -0.117. The van der Waals surface area contributed by atoms with E-state index in [-0.39, 0.29) is 17.4 Å². The van der Waals surface area contributed by atoms with Crippen LogP contribution < -0.4 is 10.6 Å². The highest BCUT2D eigenvalue weighted by Gasteiger charge is 2.16. The maximum atomic E-state index is 12.5. The van der Waals surface area contributed by atoms with E-state index in [1.807, 2.05) is 10.8 Å². The number of pyridine rings is 1. The molecule has 8 heteroatoms. The van der Waals surface area contributed by atoms with Gasteiger partial charge in [0.05, 0.1) is 12.6 Å². The Bertz CT molecular complexity index is 887. The molecule has 27 heavy (non-hydrogen) atoms. The quantitative estimate of drug-likeness (QED) is 0.468. The van der Waals surface area contributed by atoms with Crippen LogP contribution in [0.5, 0.6) is 0 Å². The molecule has 0 radical (unpaired) electrons. The molecule has 0 aliphatic carbocycles. The Labute approximate surface area is 155 Å². The molecule has 0 bridgehead atoms. The third-order valence-electron chi connectivity index (χ3n) is 3.67. The Morgan fingerprint density at radius 2 is 2.11 bits per heavy atom. The molecular formula is C19H19N5O3. The summed E-state index contributed by atoms with van der Waals surface area (Å²) in [4.78, 5) is 32.8. The number of furan rings is 1. The van der Waals surface area contributed by atoms with Gasteiger partial charge in [-0.15, -0.1) is 0 Å². The smallest absolute Gasteiger partial charge is 0.291 e. The van der Waals surface area contributed by atoms with Crippen LogP contribution in [0.4, 0.5) is 0 Å². The Kier molecular flexibility index (Phi) is 6.13. The maximum Gasteiger partial charge on any atom is 0.291 e. The Morgan fingerprint density at radius 3 is 2.81 bits per heavy atom. The highest BCUT2D eigenvalue weighted by molar-refractivity contribution is 6.04. The van der Waals surface area contributed by atoms with E-state index in [0.717, 1.165) is 13.0 Å². The third kappa shape index (κ3) is 5.40. The number of amides is 2. The van der Waals surface area contributed by atoms with Gasteiger partial charge in [0, 0.05) is 37.9 Å². The number of rotatable bonds is 8. The van der Waals surface area contributed by atoms with Gasteiger partial charge in [0.2, 0.25) is 0 Å². The van der Waals surface area contributed by atoms with E-state index in [9.17, 15) is 9.59 Å². The van der Waals surface area contributed by atoms with E-state index >= 15 is 0 Å². The molecule has 0 aliphatic rings. The van der Waals surface area contributed by atoms with Crippen LogP contribution in [0, 0.1) is 0 Å². The number of imidazole rings is 1. The normalized spacial score (nSPS) is 11.2. The summed E-state index contributed by atoms with van der Waals surface area (Å²) in [5, 5.41) is 5.40. The molecule has 2 amide bonds. The Morgan fingerprint density at radius 1 is 1.19 bits per heavy atom. The number of hydrogen-bond acceptors (Lipinski definition) is 5. The van der Waals surface area contributed by atoms with E-state index < -0.39 is 5.91 Å². The fraction of sp³-hybridized carbons (Fsp3) is 0.158. The molecule has 3 aromatic heterocycles. The molecule has 3 aromatic rings. The molecule has 0 saturated carbocycles. The second-order valence-electron chi connectivity index (χ2n) is 5.69. The average Bonchev–Trinajstić information content (AvgIpc) is 3.39. The zero-order chi connectivity index (χ0) is 18.9. The van der Waals surface area contributed by atoms with E-state index in [0.29, 0.717) is 12.1 Å². The summed E-state index contributed by atoms with van der Waals surface area (Å²) in [6, 6.07) is 6.68. The summed E-state index contributed by atoms with van der Waals surface area (Å²) < 4.78 is 7.00. The summed E-state index contributed by atoms with van der Waals surface area (Å²) in [5.74, 6) is -0.756. The Balaban J connectivity index is 1.64. The van der Waals surface area contributed by atoms with Gasteiger partial charge in [0.15, 0.2) is 5.76 Å². The summed E-state index contributed by atoms with van der Waals surface area (Å²) in [5.41, 5.74) is 0.813. The molecule has 138 valence electrons. The molecule has 0 aliphatic heterocycles. The van der Waals surface area contributed by atoms with Crippen LogP contribution in [0.1, 0.15) is 22.5 Å². The van der Waals surface area contributed by atoms with Crippen molar-refractivity contribution in [2.45, 2.75) is 13.0 Å². The van der Waals surface area contributed by atoms with Crippen LogP contribution in [0.15, 0.2) is 71.8 Å². The van der Waals surface area contributed by atoms with Crippen molar-refractivity contribution in [1.29, 1.82) is 0 Å². The topological polar surface area (TPSA) is 102 Å². The van der Waals surface area contributed by atoms with Crippen molar-refractivity contribution < 1.29 is 14.0 Å². The van der Waals surface area contributed by atoms with Crippen molar-refractivity contribution >= 4 is 17.9 Å². The number of hydrogen-bond donors (Lipinski definition) is 2. The van der Waals surface area contributed by atoms with Gasteiger partial charge >= 0.3 is 0 Å². The van der Waals surface area contributed by atoms with Gasteiger partial charge < -0.3 is 19.6 Å². The van der Waals surface area contributed by atoms with Crippen LogP contribution in [0.25, 0.3) is 6.08 Å². The molecular weight excluding hydrogens is 346 g/mol. The first-order valence-corrected chi connectivity index (χ1v) is 8.43. The molecule has 0 spiro atoms. The van der Waals surface area contributed by atoms with Crippen molar-refractivity contribution in [2.24, 2.45) is 0 Å². The van der Waals surface area contributed by atoms with Crippen molar-refractivity contribution in [3.63, 3.8) is 0 Å². The number of aromatic nitrogens is 3. The van der Waals surface area contributed by atoms with Gasteiger partial charge in [-0.2, -0.15) is 0 Å². The lowest BCUT2D eigenvalue weighted by Crippen LogP contribution is -2.35. The minimum Gasteiger partial charge on any atom is -0.459 e. The van der Waals surface area contributed by atoms with Gasteiger partial charge in [0.25, 0.3) is 11.8 Å². The van der Waals surface area contributed by atoms with Gasteiger partial charge in [-0.1, -0.05) is 6.07 Å². The highest BCUT2D eigenvalue weighted by atomic mass is 16.3. The average molecular weight is 365 g/mol. The zero-order valence-corrected chi connectivity index (χ0v) is 14.5. The first kappa shape index (κ1) is 18.1. The number of nitrogens with zero attached hydrogens (tertiary/aromatic N) is 3. The van der Waals surface area contributed by atoms with Crippen LogP contribution in [0.2, 0.25) is 0 Å². The van der Waals surface area contributed by atoms with Crippen molar-refractivity contribution in [1.82, 2.24) is 25.2 Å². The van der Waals surface area contributed by atoms with E-state index in [4.69, 9.17) is 4.42 Å². The maximum absolute atomic E-state index is 12.5. The molecule has 0 fully saturated rings. The van der Waals surface area contributed by atoms with Gasteiger partial charge in [-0.3, -0.25) is 14.6 Å². The van der Waals surface area contributed by atoms with Crippen molar-refractivity contribution in [3.8, 4) is 0 Å². The second kappa shape index (κ2) is 9.14. The molecule has 3 heterocycles. The van der Waals surface area contributed by atoms with Crippen LogP contribution >= 0.6 is 0 Å². The van der Waals surface area contributed by atoms with E-state index in [2.05, 4.69) is 20.6 Å². The van der Waals surface area contributed by atoms with Gasteiger partial charge in [0.1, 0.15) is 5.70 Å². The van der Waals surface area contributed by atoms with Crippen molar-refractivity contribution in [3.05, 3.63) is 78.7 Å². The first-order valence-electron chi connectivity index (χ1n) is 8.43. The summed E-state index contributed by atoms with van der Waals surface area (Å²) >= 11 is 0. The largest absolute Gasteiger partial charge is 0.459 e. The van der Waals surface area contributed by atoms with Crippen LogP contribution in [-0.4, -0.2) is 32.9 Å². The van der Waals surface area contributed by atoms with Gasteiger partial charge in [-0.25, -0.2) is 4.98 Å². The number of nitrogens with one attached hydrogen (secondary N) is 2. The first-order chi connectivity index (χ1) is 13.2. The molecule has 0 atom stereocenters. The molecule has 2 N–H and O–H groups in total. The zero-order valence-electron chi connectivity index (χ0n) is 14.5. The summed E-state index contributed by atoms with van der Waals surface area (Å²) in [6.07, 6.45) is 12.2. The third-order valence-corrected chi connectivity index (χ3v) is 3.67. The molecule has 0 saturated heterocycles. The molecule has 3 rings (SSSR count). The minimum atomic E-state index is -0.497. The minimum absolute atomic E-state index is 0.118. The highest BCUT2D eigenvalue weighted by Crippen LogP contribution is 2.06. The fourth-order valence-electron chi connectivity index (χ4n) is 2.36. The van der Waals surface area contributed by atoms with E-state index in [1.165, 1.54) is 12.3 Å². The summed E-state index contributed by atoms with van der Waals surface area (Å²) in [7, 11) is 0. The Hall–Kier alpha value is -3.68. The lowest BCUT2D eigenvalue weighted by Gasteiger charge is -2.10. The van der Waals surface area contributed by atoms with Gasteiger partial charge in [-0.05, 0) is 36.3 Å². The number of carbonyl (C=O) groups excluding carboxylic acids is 2. The predicted molar refractivity (Wildman–Crippen MR) is 98.2 cm³/mol. The standard InChI is InChI=1S/C19H19N5O3/c25-18(22-7-3-9-24-10-8-21-14-24)16(12-15-4-1-6-20-13-15)23-19(26)17-5-2-11-27-17/h1-2,4-6,8,10-14H,3,7,9H2,(H,22,25)(H,23,26)/b16-12-. The summed E-state index contributed by atoms with van der Waals surface area (Å²) in [6.45, 7) is 1.19. The molecule has 8 nitrogen and oxygen atoms in total. The predicted octanol–water partition coefficient (Wildman–Crippen LogP) is 1.85. The number of aryl methyl sites for hydroxylation is 1. The second-order valence-corrected chi connectivity index (χ2v) is 5.69. The SMILES string of the molecule is O=C(NCCCn1ccnc1)/C(=C/c1cccnc1)NC(=O)c1ccco1. The molecule has 0 aromatic carbocycles. The monoisotopic (exact) mass is 365 g/mol. The lowest BCUT2D eigenvalue weighted by atomic mass is 10.2. The van der Waals surface area contributed by atoms with E-state index in [1.54, 1.807) is 49.2 Å².